The highest BCUT2D eigenvalue weighted by atomic mass is 79.9. The number of carbonyl (C=O) groups is 1. The molecule has 0 radical (unpaired) electrons. The minimum Gasteiger partial charge on any atom is -0.478 e. The van der Waals surface area contributed by atoms with Crippen molar-refractivity contribution in [3.8, 4) is 11.6 Å². The Hall–Kier alpha value is -1.99. The fourth-order valence-corrected chi connectivity index (χ4v) is 3.10. The third-order valence-corrected chi connectivity index (χ3v) is 4.25. The van der Waals surface area contributed by atoms with Crippen LogP contribution in [0.25, 0.3) is 10.2 Å². The van der Waals surface area contributed by atoms with Gasteiger partial charge in [-0.2, -0.15) is 0 Å². The van der Waals surface area contributed by atoms with Crippen LogP contribution in [0.5, 0.6) is 11.6 Å². The Balaban J connectivity index is 2.08. The van der Waals surface area contributed by atoms with Gasteiger partial charge in [0.25, 0.3) is 0 Å². The number of halogens is 1. The maximum Gasteiger partial charge on any atom is 0.339 e. The van der Waals surface area contributed by atoms with Gasteiger partial charge in [0.05, 0.1) is 5.39 Å². The van der Waals surface area contributed by atoms with Crippen molar-refractivity contribution in [2.75, 3.05) is 0 Å². The molecule has 0 atom stereocenters. The highest BCUT2D eigenvalue weighted by Crippen LogP contribution is 2.33. The number of hydrogen-bond donors (Lipinski definition) is 1. The molecule has 1 N–H and O–H groups in total. The summed E-state index contributed by atoms with van der Waals surface area (Å²) >= 11 is 4.79. The lowest BCUT2D eigenvalue weighted by Crippen LogP contribution is -2.01. The van der Waals surface area contributed by atoms with Gasteiger partial charge in [-0.15, -0.1) is 11.3 Å². The van der Waals surface area contributed by atoms with Crippen LogP contribution in [0.1, 0.15) is 15.2 Å². The lowest BCUT2D eigenvalue weighted by molar-refractivity contribution is 0.0694. The molecule has 0 aliphatic heterocycles. The normalized spacial score (nSPS) is 10.8. The van der Waals surface area contributed by atoms with Crippen molar-refractivity contribution in [2.24, 2.45) is 0 Å². The van der Waals surface area contributed by atoms with E-state index in [0.717, 1.165) is 15.1 Å². The highest BCUT2D eigenvalue weighted by molar-refractivity contribution is 9.10. The van der Waals surface area contributed by atoms with E-state index in [1.807, 2.05) is 13.0 Å². The van der Waals surface area contributed by atoms with Gasteiger partial charge in [0.15, 0.2) is 0 Å². The molecule has 7 heteroatoms. The maximum absolute atomic E-state index is 11.3. The summed E-state index contributed by atoms with van der Waals surface area (Å²) in [7, 11) is 0. The van der Waals surface area contributed by atoms with E-state index in [1.54, 1.807) is 12.1 Å². The van der Waals surface area contributed by atoms with Crippen LogP contribution in [0.15, 0.2) is 35.1 Å². The second kappa shape index (κ2) is 5.42. The minimum absolute atomic E-state index is 0.0723. The van der Waals surface area contributed by atoms with Crippen molar-refractivity contribution < 1.29 is 14.6 Å². The maximum atomic E-state index is 11.3. The Bertz CT molecular complexity index is 847. The molecule has 2 heterocycles. The van der Waals surface area contributed by atoms with E-state index >= 15 is 0 Å². The van der Waals surface area contributed by atoms with Crippen molar-refractivity contribution >= 4 is 43.5 Å². The summed E-state index contributed by atoms with van der Waals surface area (Å²) in [5.41, 5.74) is 0.0723. The number of carboxylic acids is 1. The second-order valence-electron chi connectivity index (χ2n) is 4.30. The molecule has 0 amide bonds. The molecule has 1 aromatic carbocycles. The second-order valence-corrected chi connectivity index (χ2v) is 6.45. The van der Waals surface area contributed by atoms with E-state index in [0.29, 0.717) is 10.4 Å². The van der Waals surface area contributed by atoms with E-state index in [2.05, 4.69) is 25.9 Å². The van der Waals surface area contributed by atoms with Gasteiger partial charge < -0.3 is 9.84 Å². The molecule has 3 aromatic rings. The Labute approximate surface area is 132 Å². The van der Waals surface area contributed by atoms with E-state index in [-0.39, 0.29) is 11.3 Å². The van der Waals surface area contributed by atoms with E-state index in [9.17, 15) is 9.90 Å². The number of aromatic nitrogens is 2. The van der Waals surface area contributed by atoms with E-state index in [4.69, 9.17) is 4.74 Å². The lowest BCUT2D eigenvalue weighted by atomic mass is 10.2. The molecule has 0 spiro atoms. The molecular weight excluding hydrogens is 356 g/mol. The first kappa shape index (κ1) is 14.0. The number of hydrogen-bond acceptors (Lipinski definition) is 5. The first-order valence-corrected chi connectivity index (χ1v) is 7.57. The van der Waals surface area contributed by atoms with Crippen LogP contribution in [-0.2, 0) is 0 Å². The zero-order valence-electron chi connectivity index (χ0n) is 10.8. The van der Waals surface area contributed by atoms with Crippen LogP contribution < -0.4 is 4.74 Å². The molecule has 2 aromatic heterocycles. The predicted octanol–water partition coefficient (Wildman–Crippen LogP) is 4.25. The predicted molar refractivity (Wildman–Crippen MR) is 83.3 cm³/mol. The third kappa shape index (κ3) is 2.74. The third-order valence-electron chi connectivity index (χ3n) is 2.79. The number of nitrogens with zero attached hydrogens (tertiary/aromatic N) is 2. The molecular formula is C14H9BrN2O3S. The van der Waals surface area contributed by atoms with Crippen molar-refractivity contribution in [1.29, 1.82) is 0 Å². The number of aryl methyl sites for hydroxylation is 1. The molecule has 0 aliphatic carbocycles. The SMILES string of the molecule is Cc1cc2c(Oc3ccc(Br)cc3C(=O)O)ncnc2s1. The fraction of sp³-hybridized carbons (Fsp3) is 0.0714. The van der Waals surface area contributed by atoms with Crippen LogP contribution >= 0.6 is 27.3 Å². The Morgan fingerprint density at radius 2 is 2.14 bits per heavy atom. The summed E-state index contributed by atoms with van der Waals surface area (Å²) < 4.78 is 6.38. The number of ether oxygens (including phenoxy) is 1. The number of fused-ring (bicyclic) bond motifs is 1. The van der Waals surface area contributed by atoms with Crippen LogP contribution in [0.2, 0.25) is 0 Å². The van der Waals surface area contributed by atoms with Gasteiger partial charge >= 0.3 is 5.97 Å². The Morgan fingerprint density at radius 1 is 1.33 bits per heavy atom. The molecule has 0 saturated heterocycles. The summed E-state index contributed by atoms with van der Waals surface area (Å²) in [6.07, 6.45) is 1.41. The smallest absolute Gasteiger partial charge is 0.339 e. The number of rotatable bonds is 3. The average Bonchev–Trinajstić information content (AvgIpc) is 2.82. The molecule has 0 unspecified atom stereocenters. The van der Waals surface area contributed by atoms with Crippen molar-refractivity contribution in [1.82, 2.24) is 9.97 Å². The molecule has 0 saturated carbocycles. The lowest BCUT2D eigenvalue weighted by Gasteiger charge is -2.08. The van der Waals surface area contributed by atoms with Gasteiger partial charge in [0, 0.05) is 9.35 Å². The Morgan fingerprint density at radius 3 is 2.90 bits per heavy atom. The average molecular weight is 365 g/mol. The van der Waals surface area contributed by atoms with Gasteiger partial charge in [-0.25, -0.2) is 14.8 Å². The summed E-state index contributed by atoms with van der Waals surface area (Å²) in [5, 5.41) is 10.0. The molecule has 3 rings (SSSR count). The van der Waals surface area contributed by atoms with E-state index in [1.165, 1.54) is 23.7 Å². The number of aromatic carboxylic acids is 1. The highest BCUT2D eigenvalue weighted by Gasteiger charge is 2.15. The van der Waals surface area contributed by atoms with Crippen LogP contribution in [-0.4, -0.2) is 21.0 Å². The standard InChI is InChI=1S/C14H9BrN2O3S/c1-7-4-10-12(16-6-17-13(10)21-7)20-11-3-2-8(15)5-9(11)14(18)19/h2-6H,1H3,(H,18,19). The van der Waals surface area contributed by atoms with Gasteiger partial charge in [-0.05, 0) is 31.2 Å². The number of thiophene rings is 1. The van der Waals surface area contributed by atoms with Gasteiger partial charge in [0.2, 0.25) is 5.88 Å². The quantitative estimate of drug-likeness (QED) is 0.751. The molecule has 5 nitrogen and oxygen atoms in total. The van der Waals surface area contributed by atoms with Crippen LogP contribution in [0, 0.1) is 6.92 Å². The minimum atomic E-state index is -1.06. The molecule has 0 bridgehead atoms. The van der Waals surface area contributed by atoms with Gasteiger partial charge in [0.1, 0.15) is 22.5 Å². The molecule has 106 valence electrons. The summed E-state index contributed by atoms with van der Waals surface area (Å²) in [5.74, 6) is -0.457. The van der Waals surface area contributed by atoms with E-state index < -0.39 is 5.97 Å². The Kier molecular flexibility index (Phi) is 3.60. The van der Waals surface area contributed by atoms with Crippen LogP contribution in [0.3, 0.4) is 0 Å². The van der Waals surface area contributed by atoms with Gasteiger partial charge in [-0.3, -0.25) is 0 Å². The topological polar surface area (TPSA) is 72.3 Å². The van der Waals surface area contributed by atoms with Crippen LogP contribution in [0.4, 0.5) is 0 Å². The zero-order chi connectivity index (χ0) is 15.0. The van der Waals surface area contributed by atoms with Crippen molar-refractivity contribution in [2.45, 2.75) is 6.92 Å². The fourth-order valence-electron chi connectivity index (χ4n) is 1.90. The largest absolute Gasteiger partial charge is 0.478 e. The molecule has 0 fully saturated rings. The summed E-state index contributed by atoms with van der Waals surface area (Å²) in [6, 6.07) is 6.74. The van der Waals surface area contributed by atoms with Crippen molar-refractivity contribution in [3.05, 3.63) is 45.5 Å². The molecule has 0 aliphatic rings. The monoisotopic (exact) mass is 364 g/mol. The van der Waals surface area contributed by atoms with Gasteiger partial charge in [-0.1, -0.05) is 15.9 Å². The summed E-state index contributed by atoms with van der Waals surface area (Å²) in [4.78, 5) is 21.5. The molecule has 21 heavy (non-hydrogen) atoms. The zero-order valence-corrected chi connectivity index (χ0v) is 13.2. The summed E-state index contributed by atoms with van der Waals surface area (Å²) in [6.45, 7) is 1.97. The van der Waals surface area contributed by atoms with Crippen molar-refractivity contribution in [3.63, 3.8) is 0 Å². The number of benzene rings is 1. The number of carboxylic acid groups (broad SMARTS) is 1. The first-order valence-electron chi connectivity index (χ1n) is 5.96. The first-order chi connectivity index (χ1) is 10.0.